The van der Waals surface area contributed by atoms with Gasteiger partial charge in [0.2, 0.25) is 0 Å². The molecule has 18 heavy (non-hydrogen) atoms. The number of hydrogen-bond acceptors (Lipinski definition) is 2. The summed E-state index contributed by atoms with van der Waals surface area (Å²) in [6, 6.07) is 7.73. The van der Waals surface area contributed by atoms with E-state index in [4.69, 9.17) is 5.26 Å². The number of piperidine rings is 1. The van der Waals surface area contributed by atoms with Gasteiger partial charge >= 0.3 is 0 Å². The van der Waals surface area contributed by atoms with Crippen molar-refractivity contribution in [2.75, 3.05) is 0 Å². The fourth-order valence-electron chi connectivity index (χ4n) is 2.73. The molecule has 96 valence electrons. The van der Waals surface area contributed by atoms with Crippen LogP contribution in [0.15, 0.2) is 18.2 Å². The number of nitriles is 1. The van der Waals surface area contributed by atoms with E-state index in [1.54, 1.807) is 12.1 Å². The smallest absolute Gasteiger partial charge is 0.129 e. The summed E-state index contributed by atoms with van der Waals surface area (Å²) in [7, 11) is 0. The Morgan fingerprint density at radius 3 is 2.56 bits per heavy atom. The molecule has 1 fully saturated rings. The van der Waals surface area contributed by atoms with E-state index >= 15 is 0 Å². The fourth-order valence-corrected chi connectivity index (χ4v) is 2.73. The molecule has 0 aromatic heterocycles. The molecule has 1 saturated heterocycles. The van der Waals surface area contributed by atoms with Gasteiger partial charge in [-0.3, -0.25) is 4.90 Å². The van der Waals surface area contributed by atoms with Crippen molar-refractivity contribution in [1.29, 1.82) is 5.26 Å². The van der Waals surface area contributed by atoms with Gasteiger partial charge < -0.3 is 0 Å². The molecule has 2 rings (SSSR count). The molecule has 3 heteroatoms. The van der Waals surface area contributed by atoms with E-state index in [1.807, 2.05) is 6.07 Å². The molecule has 1 aliphatic heterocycles. The molecule has 1 aliphatic rings. The van der Waals surface area contributed by atoms with Gasteiger partial charge in [0.1, 0.15) is 5.82 Å². The monoisotopic (exact) mass is 246 g/mol. The van der Waals surface area contributed by atoms with Gasteiger partial charge in [-0.15, -0.1) is 0 Å². The molecule has 1 aromatic rings. The standard InChI is InChI=1S/C15H19FN2/c1-11-4-3-5-12(2)18(11)10-14-7-6-13(9-17)8-15(14)16/h6-8,11-12H,3-5,10H2,1-2H3/t11-,12+. The Kier molecular flexibility index (Phi) is 3.98. The van der Waals surface area contributed by atoms with Crippen molar-refractivity contribution in [3.05, 3.63) is 35.1 Å². The Bertz CT molecular complexity index is 454. The number of hydrogen-bond donors (Lipinski definition) is 0. The second-order valence-corrected chi connectivity index (χ2v) is 5.22. The Hall–Kier alpha value is -1.40. The Balaban J connectivity index is 2.15. The van der Waals surface area contributed by atoms with E-state index in [-0.39, 0.29) is 5.82 Å². The van der Waals surface area contributed by atoms with E-state index in [0.717, 1.165) is 0 Å². The lowest BCUT2D eigenvalue weighted by molar-refractivity contribution is 0.0940. The van der Waals surface area contributed by atoms with Gasteiger partial charge in [-0.05, 0) is 38.8 Å². The average molecular weight is 246 g/mol. The Morgan fingerprint density at radius 2 is 2.00 bits per heavy atom. The first-order valence-electron chi connectivity index (χ1n) is 6.56. The number of benzene rings is 1. The highest BCUT2D eigenvalue weighted by molar-refractivity contribution is 5.32. The maximum absolute atomic E-state index is 13.9. The molecule has 0 radical (unpaired) electrons. The first-order valence-corrected chi connectivity index (χ1v) is 6.56. The maximum atomic E-state index is 13.9. The summed E-state index contributed by atoms with van der Waals surface area (Å²) in [5.74, 6) is -0.265. The Labute approximate surface area is 108 Å². The summed E-state index contributed by atoms with van der Waals surface area (Å²) in [5.41, 5.74) is 1.07. The summed E-state index contributed by atoms with van der Waals surface area (Å²) < 4.78 is 13.9. The SMILES string of the molecule is C[C@@H]1CCC[C@H](C)N1Cc1ccc(C#N)cc1F. The number of nitrogens with zero attached hydrogens (tertiary/aromatic N) is 2. The van der Waals surface area contributed by atoms with E-state index in [0.29, 0.717) is 29.8 Å². The van der Waals surface area contributed by atoms with Crippen LogP contribution in [0, 0.1) is 17.1 Å². The lowest BCUT2D eigenvalue weighted by Gasteiger charge is -2.39. The van der Waals surface area contributed by atoms with Crippen molar-refractivity contribution >= 4 is 0 Å². The molecule has 2 atom stereocenters. The van der Waals surface area contributed by atoms with Gasteiger partial charge in [0.05, 0.1) is 11.6 Å². The largest absolute Gasteiger partial charge is 0.294 e. The van der Waals surface area contributed by atoms with Crippen molar-refractivity contribution in [3.8, 4) is 6.07 Å². The van der Waals surface area contributed by atoms with Crippen LogP contribution >= 0.6 is 0 Å². The molecule has 0 amide bonds. The highest BCUT2D eigenvalue weighted by atomic mass is 19.1. The van der Waals surface area contributed by atoms with Crippen LogP contribution in [-0.4, -0.2) is 17.0 Å². The second kappa shape index (κ2) is 5.49. The number of likely N-dealkylation sites (tertiary alicyclic amines) is 1. The zero-order valence-corrected chi connectivity index (χ0v) is 11.0. The summed E-state index contributed by atoms with van der Waals surface area (Å²) in [6.07, 6.45) is 3.62. The minimum atomic E-state index is -0.265. The summed E-state index contributed by atoms with van der Waals surface area (Å²) in [5, 5.41) is 8.73. The first-order chi connectivity index (χ1) is 8.61. The zero-order chi connectivity index (χ0) is 13.1. The van der Waals surface area contributed by atoms with Crippen LogP contribution in [0.4, 0.5) is 4.39 Å². The molecular formula is C15H19FN2. The van der Waals surface area contributed by atoms with Crippen molar-refractivity contribution in [2.24, 2.45) is 0 Å². The van der Waals surface area contributed by atoms with Crippen LogP contribution in [-0.2, 0) is 6.54 Å². The van der Waals surface area contributed by atoms with Crippen LogP contribution in [0.25, 0.3) is 0 Å². The minimum absolute atomic E-state index is 0.265. The van der Waals surface area contributed by atoms with E-state index in [9.17, 15) is 4.39 Å². The molecule has 0 saturated carbocycles. The van der Waals surface area contributed by atoms with Crippen LogP contribution in [0.2, 0.25) is 0 Å². The predicted octanol–water partition coefficient (Wildman–Crippen LogP) is 3.46. The topological polar surface area (TPSA) is 27.0 Å². The molecule has 0 aliphatic carbocycles. The predicted molar refractivity (Wildman–Crippen MR) is 69.4 cm³/mol. The first kappa shape index (κ1) is 13.0. The van der Waals surface area contributed by atoms with E-state index in [2.05, 4.69) is 18.7 Å². The molecule has 1 heterocycles. The van der Waals surface area contributed by atoms with Crippen LogP contribution in [0.1, 0.15) is 44.2 Å². The molecule has 0 N–H and O–H groups in total. The minimum Gasteiger partial charge on any atom is -0.294 e. The van der Waals surface area contributed by atoms with E-state index in [1.165, 1.54) is 25.3 Å². The fraction of sp³-hybridized carbons (Fsp3) is 0.533. The average Bonchev–Trinajstić information content (AvgIpc) is 2.35. The van der Waals surface area contributed by atoms with Gasteiger partial charge in [0, 0.05) is 24.2 Å². The van der Waals surface area contributed by atoms with Crippen molar-refractivity contribution < 1.29 is 4.39 Å². The van der Waals surface area contributed by atoms with Gasteiger partial charge in [0.25, 0.3) is 0 Å². The van der Waals surface area contributed by atoms with Crippen molar-refractivity contribution in [3.63, 3.8) is 0 Å². The quantitative estimate of drug-likeness (QED) is 0.799. The number of rotatable bonds is 2. The van der Waals surface area contributed by atoms with Crippen molar-refractivity contribution in [2.45, 2.75) is 51.7 Å². The lowest BCUT2D eigenvalue weighted by Crippen LogP contribution is -2.43. The second-order valence-electron chi connectivity index (χ2n) is 5.22. The highest BCUT2D eigenvalue weighted by Crippen LogP contribution is 2.25. The number of halogens is 1. The molecule has 0 unspecified atom stereocenters. The van der Waals surface area contributed by atoms with Gasteiger partial charge in [0.15, 0.2) is 0 Å². The third-order valence-electron chi connectivity index (χ3n) is 3.91. The molecular weight excluding hydrogens is 227 g/mol. The lowest BCUT2D eigenvalue weighted by atomic mass is 9.96. The molecule has 0 spiro atoms. The third kappa shape index (κ3) is 2.70. The van der Waals surface area contributed by atoms with Crippen LogP contribution in [0.5, 0.6) is 0 Å². The Morgan fingerprint density at radius 1 is 1.33 bits per heavy atom. The molecule has 2 nitrogen and oxygen atoms in total. The van der Waals surface area contributed by atoms with Gasteiger partial charge in [-0.1, -0.05) is 12.5 Å². The molecule has 1 aromatic carbocycles. The zero-order valence-electron chi connectivity index (χ0n) is 11.0. The van der Waals surface area contributed by atoms with E-state index < -0.39 is 0 Å². The molecule has 0 bridgehead atoms. The van der Waals surface area contributed by atoms with Crippen LogP contribution in [0.3, 0.4) is 0 Å². The van der Waals surface area contributed by atoms with Gasteiger partial charge in [-0.25, -0.2) is 4.39 Å². The summed E-state index contributed by atoms with van der Waals surface area (Å²) >= 11 is 0. The highest BCUT2D eigenvalue weighted by Gasteiger charge is 2.25. The third-order valence-corrected chi connectivity index (χ3v) is 3.91. The summed E-state index contributed by atoms with van der Waals surface area (Å²) in [6.45, 7) is 5.05. The van der Waals surface area contributed by atoms with Crippen LogP contribution < -0.4 is 0 Å². The van der Waals surface area contributed by atoms with Crippen molar-refractivity contribution in [1.82, 2.24) is 4.90 Å². The maximum Gasteiger partial charge on any atom is 0.129 e. The van der Waals surface area contributed by atoms with Gasteiger partial charge in [-0.2, -0.15) is 5.26 Å². The summed E-state index contributed by atoms with van der Waals surface area (Å²) in [4.78, 5) is 2.36. The normalized spacial score (nSPS) is 24.8.